The number of para-hydroxylation sites is 1. The van der Waals surface area contributed by atoms with Gasteiger partial charge in [0.25, 0.3) is 5.91 Å². The SMILES string of the molecule is Cc1[nH]c2ccccc2c1[C@H]1c2ccccc2C(=O)N1CCC(=O)NC1CCCCC1. The summed E-state index contributed by atoms with van der Waals surface area (Å²) in [6.07, 6.45) is 6.10. The minimum Gasteiger partial charge on any atom is -0.358 e. The first-order chi connectivity index (χ1) is 15.1. The van der Waals surface area contributed by atoms with Crippen molar-refractivity contribution in [2.45, 2.75) is 57.5 Å². The van der Waals surface area contributed by atoms with Gasteiger partial charge in [0, 0.05) is 46.7 Å². The van der Waals surface area contributed by atoms with Crippen molar-refractivity contribution in [2.24, 2.45) is 0 Å². The molecule has 1 aromatic heterocycles. The van der Waals surface area contributed by atoms with Gasteiger partial charge in [0.15, 0.2) is 0 Å². The number of nitrogens with zero attached hydrogens (tertiary/aromatic N) is 1. The van der Waals surface area contributed by atoms with E-state index in [4.69, 9.17) is 0 Å². The number of benzene rings is 2. The smallest absolute Gasteiger partial charge is 0.255 e. The first kappa shape index (κ1) is 19.9. The Kier molecular flexibility index (Phi) is 5.26. The van der Waals surface area contributed by atoms with Gasteiger partial charge in [-0.15, -0.1) is 0 Å². The van der Waals surface area contributed by atoms with Crippen molar-refractivity contribution in [1.82, 2.24) is 15.2 Å². The van der Waals surface area contributed by atoms with Crippen LogP contribution in [0, 0.1) is 6.92 Å². The molecule has 1 aliphatic heterocycles. The normalized spacial score (nSPS) is 19.1. The summed E-state index contributed by atoms with van der Waals surface area (Å²) in [7, 11) is 0. The third-order valence-corrected chi connectivity index (χ3v) is 6.83. The van der Waals surface area contributed by atoms with Crippen molar-refractivity contribution in [3.63, 3.8) is 0 Å². The van der Waals surface area contributed by atoms with Crippen LogP contribution in [0.15, 0.2) is 48.5 Å². The lowest BCUT2D eigenvalue weighted by molar-refractivity contribution is -0.122. The van der Waals surface area contributed by atoms with Crippen LogP contribution in [0.4, 0.5) is 0 Å². The summed E-state index contributed by atoms with van der Waals surface area (Å²) in [5.74, 6) is 0.0563. The maximum atomic E-state index is 13.3. The fourth-order valence-corrected chi connectivity index (χ4v) is 5.33. The molecule has 5 nitrogen and oxygen atoms in total. The highest BCUT2D eigenvalue weighted by molar-refractivity contribution is 6.01. The molecule has 1 aliphatic carbocycles. The van der Waals surface area contributed by atoms with Crippen molar-refractivity contribution >= 4 is 22.7 Å². The van der Waals surface area contributed by atoms with Gasteiger partial charge < -0.3 is 15.2 Å². The van der Waals surface area contributed by atoms with E-state index < -0.39 is 0 Å². The van der Waals surface area contributed by atoms with Crippen molar-refractivity contribution < 1.29 is 9.59 Å². The number of amides is 2. The zero-order chi connectivity index (χ0) is 21.4. The Morgan fingerprint density at radius 1 is 1.06 bits per heavy atom. The Balaban J connectivity index is 1.43. The van der Waals surface area contributed by atoms with E-state index in [9.17, 15) is 9.59 Å². The summed E-state index contributed by atoms with van der Waals surface area (Å²) in [6, 6.07) is 16.2. The molecule has 2 N–H and O–H groups in total. The Bertz CT molecular complexity index is 1130. The molecule has 3 aromatic rings. The molecule has 0 radical (unpaired) electrons. The quantitative estimate of drug-likeness (QED) is 0.625. The first-order valence-electron chi connectivity index (χ1n) is 11.4. The van der Waals surface area contributed by atoms with Gasteiger partial charge >= 0.3 is 0 Å². The number of carbonyl (C=O) groups is 2. The lowest BCUT2D eigenvalue weighted by Gasteiger charge is -2.27. The van der Waals surface area contributed by atoms with Crippen LogP contribution in [-0.4, -0.2) is 34.3 Å². The number of carbonyl (C=O) groups excluding carboxylic acids is 2. The average Bonchev–Trinajstić information content (AvgIpc) is 3.26. The second-order valence-corrected chi connectivity index (χ2v) is 8.85. The highest BCUT2D eigenvalue weighted by Gasteiger charge is 2.39. The van der Waals surface area contributed by atoms with Crippen LogP contribution in [0.2, 0.25) is 0 Å². The van der Waals surface area contributed by atoms with Gasteiger partial charge in [0.05, 0.1) is 6.04 Å². The number of rotatable bonds is 5. The maximum Gasteiger partial charge on any atom is 0.255 e. The fourth-order valence-electron chi connectivity index (χ4n) is 5.33. The monoisotopic (exact) mass is 415 g/mol. The van der Waals surface area contributed by atoms with Crippen molar-refractivity contribution in [3.05, 3.63) is 70.9 Å². The summed E-state index contributed by atoms with van der Waals surface area (Å²) in [5, 5.41) is 4.32. The number of aryl methyl sites for hydroxylation is 1. The van der Waals surface area contributed by atoms with Crippen LogP contribution in [0.1, 0.15) is 71.7 Å². The lowest BCUT2D eigenvalue weighted by atomic mass is 9.95. The zero-order valence-electron chi connectivity index (χ0n) is 18.0. The highest BCUT2D eigenvalue weighted by Crippen LogP contribution is 2.42. The van der Waals surface area contributed by atoms with E-state index in [1.807, 2.05) is 41.3 Å². The fraction of sp³-hybridized carbons (Fsp3) is 0.385. The van der Waals surface area contributed by atoms with Crippen molar-refractivity contribution in [1.29, 1.82) is 0 Å². The molecule has 2 amide bonds. The molecule has 0 spiro atoms. The number of nitrogens with one attached hydrogen (secondary N) is 2. The van der Waals surface area contributed by atoms with Crippen LogP contribution < -0.4 is 5.32 Å². The van der Waals surface area contributed by atoms with Gasteiger partial charge in [-0.25, -0.2) is 0 Å². The predicted octanol–water partition coefficient (Wildman–Crippen LogP) is 4.86. The molecule has 2 heterocycles. The van der Waals surface area contributed by atoms with Gasteiger partial charge in [0.2, 0.25) is 5.91 Å². The minimum atomic E-state index is -0.178. The molecular formula is C26H29N3O2. The van der Waals surface area contributed by atoms with E-state index in [0.717, 1.165) is 46.1 Å². The van der Waals surface area contributed by atoms with Crippen LogP contribution in [-0.2, 0) is 4.79 Å². The third-order valence-electron chi connectivity index (χ3n) is 6.83. The van der Waals surface area contributed by atoms with E-state index in [1.165, 1.54) is 19.3 Å². The van der Waals surface area contributed by atoms with Crippen LogP contribution >= 0.6 is 0 Å². The van der Waals surface area contributed by atoms with Crippen LogP contribution in [0.25, 0.3) is 10.9 Å². The summed E-state index contributed by atoms with van der Waals surface area (Å²) in [4.78, 5) is 31.4. The summed E-state index contributed by atoms with van der Waals surface area (Å²) >= 11 is 0. The van der Waals surface area contributed by atoms with Crippen molar-refractivity contribution in [3.8, 4) is 0 Å². The molecule has 0 saturated heterocycles. The molecule has 1 fully saturated rings. The van der Waals surface area contributed by atoms with E-state index in [2.05, 4.69) is 29.4 Å². The Morgan fingerprint density at radius 2 is 1.81 bits per heavy atom. The second kappa shape index (κ2) is 8.22. The largest absolute Gasteiger partial charge is 0.358 e. The van der Waals surface area contributed by atoms with Crippen molar-refractivity contribution in [2.75, 3.05) is 6.54 Å². The number of aromatic amines is 1. The van der Waals surface area contributed by atoms with Gasteiger partial charge in [-0.3, -0.25) is 9.59 Å². The van der Waals surface area contributed by atoms with Crippen LogP contribution in [0.3, 0.4) is 0 Å². The molecule has 0 unspecified atom stereocenters. The topological polar surface area (TPSA) is 65.2 Å². The van der Waals surface area contributed by atoms with E-state index in [0.29, 0.717) is 19.0 Å². The molecule has 1 atom stereocenters. The van der Waals surface area contributed by atoms with Gasteiger partial charge in [-0.1, -0.05) is 55.7 Å². The molecule has 1 saturated carbocycles. The molecule has 2 aliphatic rings. The second-order valence-electron chi connectivity index (χ2n) is 8.85. The molecule has 5 heteroatoms. The highest BCUT2D eigenvalue weighted by atomic mass is 16.2. The Morgan fingerprint density at radius 3 is 2.65 bits per heavy atom. The van der Waals surface area contributed by atoms with Gasteiger partial charge in [0.1, 0.15) is 0 Å². The maximum absolute atomic E-state index is 13.3. The average molecular weight is 416 g/mol. The molecule has 160 valence electrons. The predicted molar refractivity (Wildman–Crippen MR) is 122 cm³/mol. The van der Waals surface area contributed by atoms with E-state index in [-0.39, 0.29) is 17.9 Å². The molecule has 31 heavy (non-hydrogen) atoms. The zero-order valence-corrected chi connectivity index (χ0v) is 18.0. The summed E-state index contributed by atoms with van der Waals surface area (Å²) < 4.78 is 0. The number of H-pyrrole nitrogens is 1. The summed E-state index contributed by atoms with van der Waals surface area (Å²) in [6.45, 7) is 2.48. The van der Waals surface area contributed by atoms with Gasteiger partial charge in [-0.2, -0.15) is 0 Å². The molecule has 5 rings (SSSR count). The number of aromatic nitrogens is 1. The standard InChI is InChI=1S/C26H29N3O2/c1-17-24(21-13-7-8-14-22(21)27-17)25-19-11-5-6-12-20(19)26(31)29(25)16-15-23(30)28-18-9-3-2-4-10-18/h5-8,11-14,18,25,27H,2-4,9-10,15-16H2,1H3,(H,28,30)/t25-/m1/s1. The number of hydrogen-bond donors (Lipinski definition) is 2. The third kappa shape index (κ3) is 3.62. The Labute approximate surface area is 182 Å². The van der Waals surface area contributed by atoms with E-state index >= 15 is 0 Å². The van der Waals surface area contributed by atoms with E-state index in [1.54, 1.807) is 0 Å². The number of hydrogen-bond acceptors (Lipinski definition) is 2. The number of fused-ring (bicyclic) bond motifs is 2. The lowest BCUT2D eigenvalue weighted by Crippen LogP contribution is -2.39. The summed E-state index contributed by atoms with van der Waals surface area (Å²) in [5.41, 5.74) is 5.02. The molecule has 0 bridgehead atoms. The van der Waals surface area contributed by atoms with Gasteiger partial charge in [-0.05, 0) is 37.5 Å². The Hall–Kier alpha value is -3.08. The van der Waals surface area contributed by atoms with Crippen LogP contribution in [0.5, 0.6) is 0 Å². The molecule has 2 aromatic carbocycles. The minimum absolute atomic E-state index is 0.00995. The first-order valence-corrected chi connectivity index (χ1v) is 11.4. The molecular weight excluding hydrogens is 386 g/mol.